The summed E-state index contributed by atoms with van der Waals surface area (Å²) in [6, 6.07) is 20.7. The van der Waals surface area contributed by atoms with Crippen molar-refractivity contribution < 1.29 is 0 Å². The highest BCUT2D eigenvalue weighted by molar-refractivity contribution is 7.29. The summed E-state index contributed by atoms with van der Waals surface area (Å²) in [7, 11) is 0. The van der Waals surface area contributed by atoms with E-state index in [-0.39, 0.29) is 0 Å². The van der Waals surface area contributed by atoms with Crippen LogP contribution in [0.2, 0.25) is 0 Å². The molecule has 0 amide bonds. The Kier molecular flexibility index (Phi) is 3.59. The second-order valence-corrected chi connectivity index (χ2v) is 10.9. The molecule has 0 atom stereocenters. The van der Waals surface area contributed by atoms with Gasteiger partial charge < -0.3 is 0 Å². The summed E-state index contributed by atoms with van der Waals surface area (Å²) in [6.07, 6.45) is 0. The average Bonchev–Trinajstić information content (AvgIpc) is 3.53. The molecule has 142 valence electrons. The van der Waals surface area contributed by atoms with Crippen LogP contribution in [0.15, 0.2) is 60.7 Å². The van der Waals surface area contributed by atoms with E-state index in [1.165, 1.54) is 9.40 Å². The van der Waals surface area contributed by atoms with Crippen molar-refractivity contribution in [2.75, 3.05) is 0 Å². The molecule has 0 spiro atoms. The number of hydrogen-bond donors (Lipinski definition) is 0. The van der Waals surface area contributed by atoms with Crippen molar-refractivity contribution in [3.05, 3.63) is 60.7 Å². The lowest BCUT2D eigenvalue weighted by Crippen LogP contribution is -1.74. The van der Waals surface area contributed by atoms with Gasteiger partial charge in [0.25, 0.3) is 0 Å². The molecule has 0 unspecified atom stereocenters. The third-order valence-electron chi connectivity index (χ3n) is 4.85. The molecule has 4 aromatic heterocycles. The van der Waals surface area contributed by atoms with Crippen LogP contribution in [0, 0.1) is 0 Å². The SMILES string of the molecule is c1ccc2sc(-c3nc4cc5sc(-c6nc7ccccc7s6)nc5cc4s3)nc2c1. The molecule has 4 nitrogen and oxygen atoms in total. The van der Waals surface area contributed by atoms with E-state index in [0.29, 0.717) is 0 Å². The van der Waals surface area contributed by atoms with E-state index in [1.54, 1.807) is 45.3 Å². The number of aromatic nitrogens is 4. The Bertz CT molecular complexity index is 1480. The lowest BCUT2D eigenvalue weighted by atomic mass is 10.3. The normalized spacial score (nSPS) is 12.0. The lowest BCUT2D eigenvalue weighted by molar-refractivity contribution is 1.42. The molecule has 3 aromatic carbocycles. The van der Waals surface area contributed by atoms with Gasteiger partial charge in [0.2, 0.25) is 0 Å². The quantitative estimate of drug-likeness (QED) is 0.270. The van der Waals surface area contributed by atoms with E-state index in [1.807, 2.05) is 36.4 Å². The van der Waals surface area contributed by atoms with Crippen molar-refractivity contribution in [1.82, 2.24) is 19.9 Å². The topological polar surface area (TPSA) is 51.6 Å². The van der Waals surface area contributed by atoms with Crippen molar-refractivity contribution in [1.29, 1.82) is 0 Å². The third-order valence-corrected chi connectivity index (χ3v) is 9.25. The number of nitrogens with zero attached hydrogens (tertiary/aromatic N) is 4. The summed E-state index contributed by atoms with van der Waals surface area (Å²) >= 11 is 6.74. The van der Waals surface area contributed by atoms with Gasteiger partial charge in [-0.3, -0.25) is 0 Å². The molecule has 0 bridgehead atoms. The summed E-state index contributed by atoms with van der Waals surface area (Å²) in [5, 5.41) is 3.89. The first-order chi connectivity index (χ1) is 14.8. The van der Waals surface area contributed by atoms with E-state index in [9.17, 15) is 0 Å². The first kappa shape index (κ1) is 17.0. The van der Waals surface area contributed by atoms with Gasteiger partial charge in [0.05, 0.1) is 40.9 Å². The minimum absolute atomic E-state index is 0.968. The van der Waals surface area contributed by atoms with Crippen molar-refractivity contribution in [3.63, 3.8) is 0 Å². The van der Waals surface area contributed by atoms with E-state index in [2.05, 4.69) is 24.3 Å². The second kappa shape index (κ2) is 6.36. The molecule has 7 rings (SSSR count). The molecule has 0 saturated heterocycles. The van der Waals surface area contributed by atoms with Crippen molar-refractivity contribution >= 4 is 86.2 Å². The molecule has 4 heterocycles. The van der Waals surface area contributed by atoms with Gasteiger partial charge in [-0.05, 0) is 36.4 Å². The molecule has 0 aliphatic heterocycles. The Balaban J connectivity index is 1.34. The summed E-state index contributed by atoms with van der Waals surface area (Å²) in [4.78, 5) is 19.3. The monoisotopic (exact) mass is 458 g/mol. The van der Waals surface area contributed by atoms with Gasteiger partial charge in [0, 0.05) is 0 Å². The molecular weight excluding hydrogens is 449 g/mol. The largest absolute Gasteiger partial charge is 0.233 e. The van der Waals surface area contributed by atoms with Crippen molar-refractivity contribution in [3.8, 4) is 20.0 Å². The van der Waals surface area contributed by atoms with Crippen LogP contribution in [0.5, 0.6) is 0 Å². The van der Waals surface area contributed by atoms with E-state index >= 15 is 0 Å². The van der Waals surface area contributed by atoms with Gasteiger partial charge in [0.1, 0.15) is 0 Å². The van der Waals surface area contributed by atoms with E-state index in [0.717, 1.165) is 51.5 Å². The maximum Gasteiger partial charge on any atom is 0.153 e. The van der Waals surface area contributed by atoms with Gasteiger partial charge in [-0.15, -0.1) is 45.3 Å². The van der Waals surface area contributed by atoms with Gasteiger partial charge in [-0.25, -0.2) is 19.9 Å². The molecule has 0 aliphatic carbocycles. The maximum absolute atomic E-state index is 4.88. The van der Waals surface area contributed by atoms with Crippen LogP contribution >= 0.6 is 45.3 Å². The van der Waals surface area contributed by atoms with Crippen LogP contribution < -0.4 is 0 Å². The highest BCUT2D eigenvalue weighted by atomic mass is 32.1. The fraction of sp³-hybridized carbons (Fsp3) is 0. The molecule has 0 aliphatic rings. The third kappa shape index (κ3) is 2.61. The first-order valence-electron chi connectivity index (χ1n) is 9.23. The van der Waals surface area contributed by atoms with Crippen molar-refractivity contribution in [2.24, 2.45) is 0 Å². The van der Waals surface area contributed by atoms with E-state index < -0.39 is 0 Å². The van der Waals surface area contributed by atoms with Crippen molar-refractivity contribution in [2.45, 2.75) is 0 Å². The number of fused-ring (bicyclic) bond motifs is 4. The van der Waals surface area contributed by atoms with Crippen LogP contribution in [0.3, 0.4) is 0 Å². The lowest BCUT2D eigenvalue weighted by Gasteiger charge is -1.86. The summed E-state index contributed by atoms with van der Waals surface area (Å²) in [5.41, 5.74) is 4.06. The van der Waals surface area contributed by atoms with Crippen LogP contribution in [0.25, 0.3) is 60.9 Å². The highest BCUT2D eigenvalue weighted by Crippen LogP contribution is 2.40. The minimum Gasteiger partial charge on any atom is -0.233 e. The van der Waals surface area contributed by atoms with E-state index in [4.69, 9.17) is 19.9 Å². The first-order valence-corrected chi connectivity index (χ1v) is 12.5. The second-order valence-electron chi connectivity index (χ2n) is 6.80. The number of thiazole rings is 4. The number of hydrogen-bond acceptors (Lipinski definition) is 8. The molecule has 7 aromatic rings. The average molecular weight is 459 g/mol. The summed E-state index contributed by atoms with van der Waals surface area (Å²) < 4.78 is 4.65. The number of benzene rings is 3. The van der Waals surface area contributed by atoms with Crippen LogP contribution in [0.4, 0.5) is 0 Å². The maximum atomic E-state index is 4.88. The zero-order valence-corrected chi connectivity index (χ0v) is 18.5. The zero-order valence-electron chi connectivity index (χ0n) is 15.2. The van der Waals surface area contributed by atoms with Gasteiger partial charge in [-0.1, -0.05) is 24.3 Å². The highest BCUT2D eigenvalue weighted by Gasteiger charge is 2.15. The Labute approximate surface area is 186 Å². The summed E-state index contributed by atoms with van der Waals surface area (Å²) in [6.45, 7) is 0. The Morgan fingerprint density at radius 2 is 0.767 bits per heavy atom. The number of para-hydroxylation sites is 2. The van der Waals surface area contributed by atoms with Gasteiger partial charge >= 0.3 is 0 Å². The van der Waals surface area contributed by atoms with Gasteiger partial charge in [-0.2, -0.15) is 0 Å². The molecule has 0 radical (unpaired) electrons. The number of rotatable bonds is 2. The van der Waals surface area contributed by atoms with Gasteiger partial charge in [0.15, 0.2) is 20.0 Å². The fourth-order valence-corrected chi connectivity index (χ4v) is 7.39. The predicted octanol–water partition coefficient (Wildman–Crippen LogP) is 7.46. The van der Waals surface area contributed by atoms with Crippen LogP contribution in [-0.2, 0) is 0 Å². The molecular formula is C22H10N4S4. The molecule has 0 fully saturated rings. The Hall–Kier alpha value is -2.78. The van der Waals surface area contributed by atoms with Crippen LogP contribution in [0.1, 0.15) is 0 Å². The smallest absolute Gasteiger partial charge is 0.153 e. The Morgan fingerprint density at radius 3 is 1.20 bits per heavy atom. The van der Waals surface area contributed by atoms with Crippen LogP contribution in [-0.4, -0.2) is 19.9 Å². The Morgan fingerprint density at radius 1 is 0.400 bits per heavy atom. The molecule has 8 heteroatoms. The standard InChI is InChI=1S/C22H10N4S4/c1-3-7-15-11(5-1)23-19(27-15)21-25-13-9-18-14(10-17(13)29-21)26-22(30-18)20-24-12-6-2-4-8-16(12)28-20/h1-10H. The zero-order chi connectivity index (χ0) is 19.7. The molecule has 0 saturated carbocycles. The fourth-order valence-electron chi connectivity index (χ4n) is 3.46. The molecule has 30 heavy (non-hydrogen) atoms. The molecule has 0 N–H and O–H groups in total. The predicted molar refractivity (Wildman–Crippen MR) is 130 cm³/mol. The summed E-state index contributed by atoms with van der Waals surface area (Å²) in [5.74, 6) is 0. The minimum atomic E-state index is 0.968.